The Morgan fingerprint density at radius 2 is 2.05 bits per heavy atom. The second kappa shape index (κ2) is 6.55. The Labute approximate surface area is 123 Å². The van der Waals surface area contributed by atoms with Gasteiger partial charge in [0.1, 0.15) is 17.5 Å². The number of methoxy groups -OCH3 is 1. The minimum Gasteiger partial charge on any atom is -0.383 e. The molecule has 0 unspecified atom stereocenters. The Hall–Kier alpha value is -2.13. The second-order valence-electron chi connectivity index (χ2n) is 5.11. The molecule has 2 rings (SSSR count). The third-order valence-corrected chi connectivity index (χ3v) is 3.89. The lowest BCUT2D eigenvalue weighted by molar-refractivity contribution is 0.112. The lowest BCUT2D eigenvalue weighted by atomic mass is 10.1. The minimum absolute atomic E-state index is 0.0381. The summed E-state index contributed by atoms with van der Waals surface area (Å²) in [7, 11) is 1.56. The Bertz CT molecular complexity index is 637. The first-order valence-corrected chi connectivity index (χ1v) is 7.02. The molecule has 1 aromatic rings. The Kier molecular flexibility index (Phi) is 4.76. The predicted molar refractivity (Wildman–Crippen MR) is 78.9 cm³/mol. The molecule has 1 aromatic heterocycles. The van der Waals surface area contributed by atoms with Gasteiger partial charge in [-0.25, -0.2) is 0 Å². The van der Waals surface area contributed by atoms with Gasteiger partial charge in [-0.1, -0.05) is 0 Å². The molecule has 0 saturated carbocycles. The summed E-state index contributed by atoms with van der Waals surface area (Å²) in [5, 5.41) is 9.20. The molecule has 0 aliphatic carbocycles. The summed E-state index contributed by atoms with van der Waals surface area (Å²) in [5.41, 5.74) is 0.591. The van der Waals surface area contributed by atoms with Gasteiger partial charge < -0.3 is 9.64 Å². The van der Waals surface area contributed by atoms with Crippen molar-refractivity contribution in [1.82, 2.24) is 4.57 Å². The molecule has 21 heavy (non-hydrogen) atoms. The van der Waals surface area contributed by atoms with Gasteiger partial charge in [-0.3, -0.25) is 14.2 Å². The van der Waals surface area contributed by atoms with Gasteiger partial charge in [-0.15, -0.1) is 0 Å². The Morgan fingerprint density at radius 3 is 2.57 bits per heavy atom. The molecular weight excluding hydrogens is 270 g/mol. The van der Waals surface area contributed by atoms with E-state index in [-0.39, 0.29) is 11.1 Å². The van der Waals surface area contributed by atoms with Gasteiger partial charge >= 0.3 is 0 Å². The number of nitriles is 1. The van der Waals surface area contributed by atoms with Crippen LogP contribution in [0.2, 0.25) is 0 Å². The predicted octanol–water partition coefficient (Wildman–Crippen LogP) is 1.09. The summed E-state index contributed by atoms with van der Waals surface area (Å²) in [4.78, 5) is 26.1. The van der Waals surface area contributed by atoms with Crippen LogP contribution in [-0.2, 0) is 11.3 Å². The molecule has 1 aliphatic rings. The highest BCUT2D eigenvalue weighted by Crippen LogP contribution is 2.26. The topological polar surface area (TPSA) is 75.3 Å². The van der Waals surface area contributed by atoms with E-state index in [2.05, 4.69) is 4.90 Å². The standard InChI is InChI=1S/C15H19N3O3/c1-11-12(9-16)15(20)18(7-8-21-2)14(13(11)10-19)17-5-3-4-6-17/h10H,3-8H2,1-2H3. The molecule has 0 amide bonds. The van der Waals surface area contributed by atoms with Gasteiger partial charge in [0.2, 0.25) is 0 Å². The zero-order valence-electron chi connectivity index (χ0n) is 12.4. The van der Waals surface area contributed by atoms with Crippen molar-refractivity contribution in [2.24, 2.45) is 0 Å². The van der Waals surface area contributed by atoms with Crippen LogP contribution in [0, 0.1) is 18.3 Å². The number of aromatic nitrogens is 1. The van der Waals surface area contributed by atoms with E-state index in [4.69, 9.17) is 4.74 Å². The third-order valence-electron chi connectivity index (χ3n) is 3.89. The van der Waals surface area contributed by atoms with E-state index in [9.17, 15) is 14.9 Å². The number of carbonyl (C=O) groups excluding carboxylic acids is 1. The number of nitrogens with zero attached hydrogens (tertiary/aromatic N) is 3. The highest BCUT2D eigenvalue weighted by Gasteiger charge is 2.24. The van der Waals surface area contributed by atoms with Crippen LogP contribution in [-0.4, -0.2) is 37.7 Å². The maximum atomic E-state index is 12.5. The first-order chi connectivity index (χ1) is 10.2. The number of rotatable bonds is 5. The Balaban J connectivity index is 2.71. The van der Waals surface area contributed by atoms with Crippen molar-refractivity contribution in [3.8, 4) is 6.07 Å². The van der Waals surface area contributed by atoms with Crippen molar-refractivity contribution < 1.29 is 9.53 Å². The molecule has 6 heteroatoms. The summed E-state index contributed by atoms with van der Waals surface area (Å²) in [6, 6.07) is 1.92. The fourth-order valence-electron chi connectivity index (χ4n) is 2.77. The molecule has 1 saturated heterocycles. The van der Waals surface area contributed by atoms with Crippen molar-refractivity contribution in [2.75, 3.05) is 31.7 Å². The van der Waals surface area contributed by atoms with E-state index in [1.54, 1.807) is 14.0 Å². The van der Waals surface area contributed by atoms with Crippen LogP contribution in [0.15, 0.2) is 4.79 Å². The molecule has 6 nitrogen and oxygen atoms in total. The fraction of sp³-hybridized carbons (Fsp3) is 0.533. The molecule has 0 atom stereocenters. The van der Waals surface area contributed by atoms with Gasteiger partial charge in [0.15, 0.2) is 6.29 Å². The molecular formula is C15H19N3O3. The normalized spacial score (nSPS) is 14.2. The molecule has 1 aliphatic heterocycles. The van der Waals surface area contributed by atoms with Gasteiger partial charge in [0.25, 0.3) is 5.56 Å². The summed E-state index contributed by atoms with van der Waals surface area (Å²) in [6.45, 7) is 3.98. The quantitative estimate of drug-likeness (QED) is 0.758. The zero-order chi connectivity index (χ0) is 15.4. The average Bonchev–Trinajstić information content (AvgIpc) is 3.00. The Morgan fingerprint density at radius 1 is 1.38 bits per heavy atom. The monoisotopic (exact) mass is 289 g/mol. The summed E-state index contributed by atoms with van der Waals surface area (Å²) in [5.74, 6) is 0.626. The first kappa shape index (κ1) is 15.3. The largest absolute Gasteiger partial charge is 0.383 e. The molecule has 0 N–H and O–H groups in total. The van der Waals surface area contributed by atoms with Crippen LogP contribution in [0.25, 0.3) is 0 Å². The van der Waals surface area contributed by atoms with E-state index in [0.29, 0.717) is 30.1 Å². The van der Waals surface area contributed by atoms with E-state index >= 15 is 0 Å². The zero-order valence-corrected chi connectivity index (χ0v) is 12.4. The van der Waals surface area contributed by atoms with E-state index in [1.807, 2.05) is 6.07 Å². The maximum Gasteiger partial charge on any atom is 0.270 e. The minimum atomic E-state index is -0.348. The highest BCUT2D eigenvalue weighted by atomic mass is 16.5. The number of aldehydes is 1. The number of carbonyl (C=O) groups is 1. The first-order valence-electron chi connectivity index (χ1n) is 7.02. The lowest BCUT2D eigenvalue weighted by Gasteiger charge is -2.25. The van der Waals surface area contributed by atoms with Gasteiger partial charge in [0.05, 0.1) is 18.7 Å². The highest BCUT2D eigenvalue weighted by molar-refractivity contribution is 5.86. The maximum absolute atomic E-state index is 12.5. The smallest absolute Gasteiger partial charge is 0.270 e. The average molecular weight is 289 g/mol. The lowest BCUT2D eigenvalue weighted by Crippen LogP contribution is -2.34. The van der Waals surface area contributed by atoms with E-state index in [0.717, 1.165) is 32.2 Å². The number of hydrogen-bond acceptors (Lipinski definition) is 5. The second-order valence-corrected chi connectivity index (χ2v) is 5.11. The van der Waals surface area contributed by atoms with Crippen LogP contribution in [0.4, 0.5) is 5.82 Å². The molecule has 0 radical (unpaired) electrons. The third kappa shape index (κ3) is 2.69. The molecule has 112 valence electrons. The fourth-order valence-corrected chi connectivity index (χ4v) is 2.77. The molecule has 0 spiro atoms. The van der Waals surface area contributed by atoms with Gasteiger partial charge in [-0.05, 0) is 25.3 Å². The summed E-state index contributed by atoms with van der Waals surface area (Å²) < 4.78 is 6.55. The summed E-state index contributed by atoms with van der Waals surface area (Å²) >= 11 is 0. The van der Waals surface area contributed by atoms with Crippen LogP contribution in [0.3, 0.4) is 0 Å². The summed E-state index contributed by atoms with van der Waals surface area (Å²) in [6.07, 6.45) is 2.82. The molecule has 0 bridgehead atoms. The van der Waals surface area contributed by atoms with Gasteiger partial charge in [0, 0.05) is 20.2 Å². The SMILES string of the molecule is COCCn1c(N2CCCC2)c(C=O)c(C)c(C#N)c1=O. The molecule has 0 aromatic carbocycles. The molecule has 1 fully saturated rings. The number of ether oxygens (including phenoxy) is 1. The molecule has 2 heterocycles. The van der Waals surface area contributed by atoms with Crippen molar-refractivity contribution in [1.29, 1.82) is 5.26 Å². The number of hydrogen-bond donors (Lipinski definition) is 0. The van der Waals surface area contributed by atoms with Crippen LogP contribution in [0.5, 0.6) is 0 Å². The number of anilines is 1. The van der Waals surface area contributed by atoms with Gasteiger partial charge in [-0.2, -0.15) is 5.26 Å². The van der Waals surface area contributed by atoms with Crippen molar-refractivity contribution >= 4 is 12.1 Å². The van der Waals surface area contributed by atoms with Crippen molar-refractivity contribution in [3.05, 3.63) is 27.0 Å². The van der Waals surface area contributed by atoms with Crippen LogP contribution < -0.4 is 10.5 Å². The van der Waals surface area contributed by atoms with Crippen molar-refractivity contribution in [3.63, 3.8) is 0 Å². The van der Waals surface area contributed by atoms with Crippen LogP contribution in [0.1, 0.15) is 34.3 Å². The van der Waals surface area contributed by atoms with Crippen LogP contribution >= 0.6 is 0 Å². The van der Waals surface area contributed by atoms with E-state index in [1.165, 1.54) is 4.57 Å². The van der Waals surface area contributed by atoms with Crippen molar-refractivity contribution in [2.45, 2.75) is 26.3 Å². The number of pyridine rings is 1. The van der Waals surface area contributed by atoms with E-state index < -0.39 is 0 Å².